The van der Waals surface area contributed by atoms with Gasteiger partial charge < -0.3 is 10.8 Å². The average Bonchev–Trinajstić information content (AvgIpc) is 2.36. The molecule has 0 fully saturated rings. The molecule has 4 N–H and O–H groups in total. The zero-order valence-electron chi connectivity index (χ0n) is 11.3. The first kappa shape index (κ1) is 16.8. The Bertz CT molecular complexity index is 587. The van der Waals surface area contributed by atoms with Crippen LogP contribution in [-0.2, 0) is 10.0 Å². The van der Waals surface area contributed by atoms with E-state index in [2.05, 4.69) is 4.72 Å². The molecule has 0 saturated carbocycles. The van der Waals surface area contributed by atoms with Gasteiger partial charge >= 0.3 is 5.97 Å². The summed E-state index contributed by atoms with van der Waals surface area (Å²) in [5.41, 5.74) is 5.45. The van der Waals surface area contributed by atoms with Crippen molar-refractivity contribution in [1.29, 1.82) is 0 Å². The van der Waals surface area contributed by atoms with Crippen LogP contribution in [0.3, 0.4) is 0 Å². The van der Waals surface area contributed by atoms with E-state index >= 15 is 0 Å². The third-order valence-corrected chi connectivity index (χ3v) is 4.96. The molecule has 0 heterocycles. The van der Waals surface area contributed by atoms with Gasteiger partial charge in [0.2, 0.25) is 10.0 Å². The number of aromatic carboxylic acids is 1. The van der Waals surface area contributed by atoms with Gasteiger partial charge in [-0.05, 0) is 36.1 Å². The van der Waals surface area contributed by atoms with Crippen LogP contribution in [0.4, 0.5) is 5.69 Å². The summed E-state index contributed by atoms with van der Waals surface area (Å²) >= 11 is 1.62. The Morgan fingerprint density at radius 1 is 1.50 bits per heavy atom. The molecule has 1 atom stereocenters. The standard InChI is InChI=1S/C12H18N2O4S2/c1-8(7-19-2)6-14-20(17,18)11-5-9(13)3-4-10(11)12(15)16/h3-5,8,14H,6-7,13H2,1-2H3,(H,15,16). The van der Waals surface area contributed by atoms with Gasteiger partial charge in [0, 0.05) is 12.2 Å². The highest BCUT2D eigenvalue weighted by atomic mass is 32.2. The van der Waals surface area contributed by atoms with Crippen LogP contribution in [0.25, 0.3) is 0 Å². The fourth-order valence-corrected chi connectivity index (χ4v) is 3.69. The smallest absolute Gasteiger partial charge is 0.337 e. The Morgan fingerprint density at radius 2 is 2.15 bits per heavy atom. The van der Waals surface area contributed by atoms with Crippen molar-refractivity contribution in [3.05, 3.63) is 23.8 Å². The summed E-state index contributed by atoms with van der Waals surface area (Å²) in [6, 6.07) is 3.71. The molecule has 0 aromatic heterocycles. The second-order valence-corrected chi connectivity index (χ2v) is 7.12. The number of carboxylic acids is 1. The number of anilines is 1. The third kappa shape index (κ3) is 4.39. The van der Waals surface area contributed by atoms with Gasteiger partial charge in [0.05, 0.1) is 10.5 Å². The number of hydrogen-bond donors (Lipinski definition) is 3. The summed E-state index contributed by atoms with van der Waals surface area (Å²) in [4.78, 5) is 10.8. The van der Waals surface area contributed by atoms with Gasteiger partial charge in [-0.15, -0.1) is 0 Å². The van der Waals surface area contributed by atoms with Crippen LogP contribution in [0.15, 0.2) is 23.1 Å². The maximum Gasteiger partial charge on any atom is 0.337 e. The van der Waals surface area contributed by atoms with Crippen LogP contribution in [0.5, 0.6) is 0 Å². The number of thioether (sulfide) groups is 1. The minimum Gasteiger partial charge on any atom is -0.478 e. The lowest BCUT2D eigenvalue weighted by Gasteiger charge is -2.13. The molecule has 20 heavy (non-hydrogen) atoms. The summed E-state index contributed by atoms with van der Waals surface area (Å²) < 4.78 is 26.8. The van der Waals surface area contributed by atoms with E-state index in [9.17, 15) is 13.2 Å². The number of rotatable bonds is 7. The van der Waals surface area contributed by atoms with Crippen LogP contribution in [0, 0.1) is 5.92 Å². The lowest BCUT2D eigenvalue weighted by Crippen LogP contribution is -2.30. The molecule has 0 saturated heterocycles. The van der Waals surface area contributed by atoms with Gasteiger partial charge in [-0.25, -0.2) is 17.9 Å². The van der Waals surface area contributed by atoms with Crippen LogP contribution < -0.4 is 10.5 Å². The molecule has 0 amide bonds. The first-order valence-corrected chi connectivity index (χ1v) is 8.77. The highest BCUT2D eigenvalue weighted by molar-refractivity contribution is 7.98. The van der Waals surface area contributed by atoms with E-state index in [4.69, 9.17) is 10.8 Å². The summed E-state index contributed by atoms with van der Waals surface area (Å²) in [7, 11) is -3.89. The van der Waals surface area contributed by atoms with E-state index in [0.29, 0.717) is 0 Å². The lowest BCUT2D eigenvalue weighted by molar-refractivity contribution is 0.0692. The molecule has 0 aliphatic heterocycles. The predicted molar refractivity (Wildman–Crippen MR) is 80.5 cm³/mol. The van der Waals surface area contributed by atoms with Crippen molar-refractivity contribution in [1.82, 2.24) is 4.72 Å². The highest BCUT2D eigenvalue weighted by Crippen LogP contribution is 2.19. The molecule has 0 bridgehead atoms. The fraction of sp³-hybridized carbons (Fsp3) is 0.417. The third-order valence-electron chi connectivity index (χ3n) is 2.60. The van der Waals surface area contributed by atoms with Crippen molar-refractivity contribution >= 4 is 33.4 Å². The van der Waals surface area contributed by atoms with Crippen molar-refractivity contribution in [2.24, 2.45) is 5.92 Å². The molecule has 1 rings (SSSR count). The SMILES string of the molecule is CSCC(C)CNS(=O)(=O)c1cc(N)ccc1C(=O)O. The Hall–Kier alpha value is -1.25. The number of nitrogens with one attached hydrogen (secondary N) is 1. The number of nitrogen functional groups attached to an aromatic ring is 1. The molecule has 6 nitrogen and oxygen atoms in total. The molecule has 0 spiro atoms. The second-order valence-electron chi connectivity index (χ2n) is 4.47. The maximum atomic E-state index is 12.2. The Kier molecular flexibility index (Phi) is 5.85. The van der Waals surface area contributed by atoms with Gasteiger partial charge in [-0.1, -0.05) is 6.92 Å². The topological polar surface area (TPSA) is 109 Å². The number of carbonyl (C=O) groups is 1. The Labute approximate surface area is 122 Å². The molecule has 1 aromatic carbocycles. The van der Waals surface area contributed by atoms with Gasteiger partial charge in [-0.3, -0.25) is 0 Å². The molecule has 8 heteroatoms. The lowest BCUT2D eigenvalue weighted by atomic mass is 10.2. The average molecular weight is 318 g/mol. The van der Waals surface area contributed by atoms with Crippen molar-refractivity contribution in [3.8, 4) is 0 Å². The van der Waals surface area contributed by atoms with Gasteiger partial charge in [-0.2, -0.15) is 11.8 Å². The summed E-state index contributed by atoms with van der Waals surface area (Å²) in [5, 5.41) is 9.05. The largest absolute Gasteiger partial charge is 0.478 e. The number of benzene rings is 1. The summed E-state index contributed by atoms with van der Waals surface area (Å²) in [6.45, 7) is 2.16. The van der Waals surface area contributed by atoms with Crippen molar-refractivity contribution in [2.45, 2.75) is 11.8 Å². The maximum absolute atomic E-state index is 12.2. The zero-order valence-corrected chi connectivity index (χ0v) is 12.9. The van der Waals surface area contributed by atoms with Crippen molar-refractivity contribution < 1.29 is 18.3 Å². The fourth-order valence-electron chi connectivity index (χ4n) is 1.61. The first-order chi connectivity index (χ1) is 9.27. The monoisotopic (exact) mass is 318 g/mol. The number of hydrogen-bond acceptors (Lipinski definition) is 5. The van der Waals surface area contributed by atoms with Crippen LogP contribution in [0.1, 0.15) is 17.3 Å². The van der Waals surface area contributed by atoms with Gasteiger partial charge in [0.25, 0.3) is 0 Å². The first-order valence-electron chi connectivity index (χ1n) is 5.89. The Balaban J connectivity index is 3.03. The second kappa shape index (κ2) is 6.96. The van der Waals surface area contributed by atoms with Gasteiger partial charge in [0.15, 0.2) is 0 Å². The number of nitrogens with two attached hydrogens (primary N) is 1. The predicted octanol–water partition coefficient (Wildman–Crippen LogP) is 1.24. The molecule has 0 aliphatic rings. The van der Waals surface area contributed by atoms with Crippen LogP contribution in [0.2, 0.25) is 0 Å². The van der Waals surface area contributed by atoms with E-state index in [-0.39, 0.29) is 28.6 Å². The van der Waals surface area contributed by atoms with E-state index in [1.807, 2.05) is 13.2 Å². The highest BCUT2D eigenvalue weighted by Gasteiger charge is 2.22. The van der Waals surface area contributed by atoms with Crippen molar-refractivity contribution in [2.75, 3.05) is 24.3 Å². The summed E-state index contributed by atoms with van der Waals surface area (Å²) in [6.07, 6.45) is 1.94. The molecule has 1 aromatic rings. The van der Waals surface area contributed by atoms with Crippen LogP contribution in [-0.4, -0.2) is 38.0 Å². The molecule has 0 aliphatic carbocycles. The van der Waals surface area contributed by atoms with E-state index in [1.54, 1.807) is 11.8 Å². The Morgan fingerprint density at radius 3 is 2.70 bits per heavy atom. The van der Waals surface area contributed by atoms with Gasteiger partial charge in [0.1, 0.15) is 0 Å². The van der Waals surface area contributed by atoms with E-state index in [1.165, 1.54) is 12.1 Å². The van der Waals surface area contributed by atoms with Crippen molar-refractivity contribution in [3.63, 3.8) is 0 Å². The molecular weight excluding hydrogens is 300 g/mol. The summed E-state index contributed by atoms with van der Waals surface area (Å²) in [5.74, 6) is -0.345. The number of carboxylic acid groups (broad SMARTS) is 1. The molecular formula is C12H18N2O4S2. The molecule has 0 radical (unpaired) electrons. The minimum absolute atomic E-state index is 0.147. The normalized spacial score (nSPS) is 13.1. The van der Waals surface area contributed by atoms with E-state index in [0.717, 1.165) is 11.8 Å². The number of sulfonamides is 1. The molecule has 112 valence electrons. The molecule has 1 unspecified atom stereocenters. The quantitative estimate of drug-likeness (QED) is 0.653. The van der Waals surface area contributed by atoms with Crippen LogP contribution >= 0.6 is 11.8 Å². The minimum atomic E-state index is -3.89. The van der Waals surface area contributed by atoms with E-state index < -0.39 is 16.0 Å². The zero-order chi connectivity index (χ0) is 15.3.